The third kappa shape index (κ3) is 6.34. The topological polar surface area (TPSA) is 153 Å². The van der Waals surface area contributed by atoms with Crippen LogP contribution in [0.5, 0.6) is 0 Å². The molecule has 3 amide bonds. The van der Waals surface area contributed by atoms with E-state index in [-0.39, 0.29) is 19.3 Å². The number of nitrogens with zero attached hydrogens (tertiary/aromatic N) is 1. The molecular weight excluding hydrogens is 346 g/mol. The van der Waals surface area contributed by atoms with Crippen molar-refractivity contribution in [2.75, 3.05) is 6.54 Å². The van der Waals surface area contributed by atoms with E-state index in [0.29, 0.717) is 19.4 Å². The van der Waals surface area contributed by atoms with Gasteiger partial charge in [0.15, 0.2) is 0 Å². The number of carbonyl (C=O) groups is 5. The van der Waals surface area contributed by atoms with Gasteiger partial charge in [0.1, 0.15) is 18.1 Å². The number of likely N-dealkylation sites (tertiary alicyclic amines) is 1. The summed E-state index contributed by atoms with van der Waals surface area (Å²) in [6.45, 7) is 3.22. The number of carboxylic acid groups (broad SMARTS) is 2. The largest absolute Gasteiger partial charge is 0.481 e. The van der Waals surface area contributed by atoms with Gasteiger partial charge in [-0.25, -0.2) is 4.79 Å². The Balaban J connectivity index is 2.47. The molecule has 10 heteroatoms. The summed E-state index contributed by atoms with van der Waals surface area (Å²) in [5.74, 6) is -3.60. The van der Waals surface area contributed by atoms with Crippen LogP contribution in [0.1, 0.15) is 46.0 Å². The molecule has 0 bridgehead atoms. The third-order valence-electron chi connectivity index (χ3n) is 4.12. The molecular formula is C16H25N3O7. The molecule has 0 aromatic rings. The Bertz CT molecular complexity index is 578. The molecule has 0 unspecified atom stereocenters. The van der Waals surface area contributed by atoms with Crippen LogP contribution in [-0.4, -0.2) is 69.4 Å². The molecule has 0 aromatic heterocycles. The standard InChI is InChI=1S/C16H25N3O7/c1-9(17-12(20)6-3-7-13(21)22)14(23)18-10(2)15(24)19-8-4-5-11(19)16(25)26/h9-11H,3-8H2,1-2H3,(H,17,20)(H,18,23)(H,21,22)(H,25,26)/t9-,10-,11-/m0/s1. The minimum Gasteiger partial charge on any atom is -0.481 e. The van der Waals surface area contributed by atoms with Crippen molar-refractivity contribution in [3.05, 3.63) is 0 Å². The molecule has 1 fully saturated rings. The van der Waals surface area contributed by atoms with Crippen molar-refractivity contribution in [1.29, 1.82) is 0 Å². The molecule has 4 N–H and O–H groups in total. The molecule has 0 saturated carbocycles. The number of amides is 3. The first-order chi connectivity index (χ1) is 12.1. The Morgan fingerprint density at radius 2 is 1.69 bits per heavy atom. The molecule has 0 spiro atoms. The number of nitrogens with one attached hydrogen (secondary N) is 2. The van der Waals surface area contributed by atoms with Gasteiger partial charge in [0.25, 0.3) is 0 Å². The van der Waals surface area contributed by atoms with Gasteiger partial charge in [-0.05, 0) is 33.1 Å². The van der Waals surface area contributed by atoms with Crippen molar-refractivity contribution >= 4 is 29.7 Å². The SMILES string of the molecule is C[C@H](NC(=O)CCCC(=O)O)C(=O)N[C@@H](C)C(=O)N1CCC[C@H]1C(=O)O. The maximum atomic E-state index is 12.4. The number of carbonyl (C=O) groups excluding carboxylic acids is 3. The molecule has 0 aromatic carbocycles. The fourth-order valence-corrected chi connectivity index (χ4v) is 2.72. The van der Waals surface area contributed by atoms with Crippen LogP contribution < -0.4 is 10.6 Å². The molecule has 146 valence electrons. The number of carboxylic acids is 2. The van der Waals surface area contributed by atoms with E-state index >= 15 is 0 Å². The van der Waals surface area contributed by atoms with E-state index in [9.17, 15) is 24.0 Å². The summed E-state index contributed by atoms with van der Waals surface area (Å²) >= 11 is 0. The summed E-state index contributed by atoms with van der Waals surface area (Å²) in [5.41, 5.74) is 0. The first-order valence-corrected chi connectivity index (χ1v) is 8.48. The normalized spacial score (nSPS) is 18.7. The van der Waals surface area contributed by atoms with Crippen LogP contribution in [0.15, 0.2) is 0 Å². The lowest BCUT2D eigenvalue weighted by Crippen LogP contribution is -2.54. The smallest absolute Gasteiger partial charge is 0.326 e. The minimum absolute atomic E-state index is 0.0214. The van der Waals surface area contributed by atoms with Crippen molar-refractivity contribution in [2.24, 2.45) is 0 Å². The predicted molar refractivity (Wildman–Crippen MR) is 89.1 cm³/mol. The Morgan fingerprint density at radius 3 is 2.27 bits per heavy atom. The van der Waals surface area contributed by atoms with E-state index < -0.39 is 47.8 Å². The Hall–Kier alpha value is -2.65. The number of hydrogen-bond acceptors (Lipinski definition) is 5. The third-order valence-corrected chi connectivity index (χ3v) is 4.12. The quantitative estimate of drug-likeness (QED) is 0.419. The molecule has 0 aliphatic carbocycles. The molecule has 1 saturated heterocycles. The predicted octanol–water partition coefficient (Wildman–Crippen LogP) is -0.674. The number of aliphatic carboxylic acids is 2. The zero-order valence-electron chi connectivity index (χ0n) is 14.9. The molecule has 10 nitrogen and oxygen atoms in total. The second kappa shape index (κ2) is 9.73. The van der Waals surface area contributed by atoms with Gasteiger partial charge in [0.2, 0.25) is 17.7 Å². The number of hydrogen-bond donors (Lipinski definition) is 4. The van der Waals surface area contributed by atoms with E-state index in [4.69, 9.17) is 10.2 Å². The monoisotopic (exact) mass is 371 g/mol. The molecule has 1 heterocycles. The number of rotatable bonds is 9. The van der Waals surface area contributed by atoms with E-state index in [1.165, 1.54) is 18.7 Å². The van der Waals surface area contributed by atoms with Crippen molar-refractivity contribution < 1.29 is 34.2 Å². The Labute approximate surface area is 150 Å². The average molecular weight is 371 g/mol. The van der Waals surface area contributed by atoms with Crippen LogP contribution in [0, 0.1) is 0 Å². The summed E-state index contributed by atoms with van der Waals surface area (Å²) in [5, 5.41) is 22.5. The zero-order chi connectivity index (χ0) is 19.9. The maximum Gasteiger partial charge on any atom is 0.326 e. The van der Waals surface area contributed by atoms with Gasteiger partial charge in [0.05, 0.1) is 0 Å². The van der Waals surface area contributed by atoms with Crippen LogP contribution in [0.3, 0.4) is 0 Å². The van der Waals surface area contributed by atoms with Crippen molar-refractivity contribution in [2.45, 2.75) is 64.1 Å². The zero-order valence-corrected chi connectivity index (χ0v) is 14.9. The summed E-state index contributed by atoms with van der Waals surface area (Å²) in [6.07, 6.45) is 0.971. The first kappa shape index (κ1) is 21.4. The van der Waals surface area contributed by atoms with Crippen LogP contribution >= 0.6 is 0 Å². The highest BCUT2D eigenvalue weighted by Gasteiger charge is 2.36. The Kier molecular flexibility index (Phi) is 8.01. The van der Waals surface area contributed by atoms with E-state index in [1.807, 2.05) is 0 Å². The first-order valence-electron chi connectivity index (χ1n) is 8.48. The fraction of sp³-hybridized carbons (Fsp3) is 0.688. The van der Waals surface area contributed by atoms with Crippen molar-refractivity contribution in [3.63, 3.8) is 0 Å². The van der Waals surface area contributed by atoms with Gasteiger partial charge >= 0.3 is 11.9 Å². The van der Waals surface area contributed by atoms with Crippen LogP contribution in [0.25, 0.3) is 0 Å². The highest BCUT2D eigenvalue weighted by Crippen LogP contribution is 2.18. The lowest BCUT2D eigenvalue weighted by molar-refractivity contribution is -0.149. The van der Waals surface area contributed by atoms with Crippen molar-refractivity contribution in [1.82, 2.24) is 15.5 Å². The van der Waals surface area contributed by atoms with Gasteiger partial charge in [-0.1, -0.05) is 0 Å². The fourth-order valence-electron chi connectivity index (χ4n) is 2.72. The second-order valence-corrected chi connectivity index (χ2v) is 6.29. The Morgan fingerprint density at radius 1 is 1.04 bits per heavy atom. The highest BCUT2D eigenvalue weighted by atomic mass is 16.4. The van der Waals surface area contributed by atoms with Gasteiger partial charge in [0, 0.05) is 19.4 Å². The average Bonchev–Trinajstić information content (AvgIpc) is 3.03. The van der Waals surface area contributed by atoms with Crippen LogP contribution in [0.4, 0.5) is 0 Å². The lowest BCUT2D eigenvalue weighted by Gasteiger charge is -2.26. The van der Waals surface area contributed by atoms with E-state index in [2.05, 4.69) is 10.6 Å². The van der Waals surface area contributed by atoms with Crippen LogP contribution in [0.2, 0.25) is 0 Å². The maximum absolute atomic E-state index is 12.4. The highest BCUT2D eigenvalue weighted by molar-refractivity contribution is 5.93. The molecule has 26 heavy (non-hydrogen) atoms. The van der Waals surface area contributed by atoms with E-state index in [0.717, 1.165) is 0 Å². The molecule has 3 atom stereocenters. The molecule has 1 rings (SSSR count). The summed E-state index contributed by atoms with van der Waals surface area (Å²) < 4.78 is 0. The van der Waals surface area contributed by atoms with E-state index in [1.54, 1.807) is 0 Å². The van der Waals surface area contributed by atoms with Gasteiger partial charge in [-0.15, -0.1) is 0 Å². The molecule has 1 aliphatic rings. The van der Waals surface area contributed by atoms with Gasteiger partial charge in [-0.2, -0.15) is 0 Å². The molecule has 0 radical (unpaired) electrons. The second-order valence-electron chi connectivity index (χ2n) is 6.29. The summed E-state index contributed by atoms with van der Waals surface area (Å²) in [6, 6.07) is -2.71. The van der Waals surface area contributed by atoms with Crippen LogP contribution in [-0.2, 0) is 24.0 Å². The lowest BCUT2D eigenvalue weighted by atomic mass is 10.2. The van der Waals surface area contributed by atoms with Gasteiger partial charge in [-0.3, -0.25) is 19.2 Å². The molecule has 1 aliphatic heterocycles. The van der Waals surface area contributed by atoms with Gasteiger partial charge < -0.3 is 25.7 Å². The minimum atomic E-state index is -1.07. The summed E-state index contributed by atoms with van der Waals surface area (Å²) in [7, 11) is 0. The van der Waals surface area contributed by atoms with Crippen molar-refractivity contribution in [3.8, 4) is 0 Å². The summed E-state index contributed by atoms with van der Waals surface area (Å²) in [4.78, 5) is 58.9.